The highest BCUT2D eigenvalue weighted by molar-refractivity contribution is 5.89. The van der Waals surface area contributed by atoms with Crippen LogP contribution in [0.1, 0.15) is 57.1 Å². The van der Waals surface area contributed by atoms with Crippen molar-refractivity contribution in [3.05, 3.63) is 59.7 Å². The highest BCUT2D eigenvalue weighted by Crippen LogP contribution is 2.44. The van der Waals surface area contributed by atoms with Gasteiger partial charge in [0.2, 0.25) is 5.91 Å². The summed E-state index contributed by atoms with van der Waals surface area (Å²) >= 11 is 0. The Bertz CT molecular complexity index is 1050. The Kier molecular flexibility index (Phi) is 7.43. The Morgan fingerprint density at radius 2 is 1.66 bits per heavy atom. The van der Waals surface area contributed by atoms with Crippen molar-refractivity contribution in [1.29, 1.82) is 0 Å². The van der Waals surface area contributed by atoms with E-state index in [1.807, 2.05) is 57.2 Å². The Morgan fingerprint density at radius 3 is 2.20 bits per heavy atom. The first-order valence-corrected chi connectivity index (χ1v) is 12.5. The van der Waals surface area contributed by atoms with E-state index in [2.05, 4.69) is 17.4 Å². The lowest BCUT2D eigenvalue weighted by atomic mass is 9.88. The zero-order chi connectivity index (χ0) is 25.1. The monoisotopic (exact) mass is 478 g/mol. The number of amides is 2. The van der Waals surface area contributed by atoms with Gasteiger partial charge < -0.3 is 20.1 Å². The number of aliphatic carboxylic acids is 1. The summed E-state index contributed by atoms with van der Waals surface area (Å²) < 4.78 is 5.63. The number of likely N-dealkylation sites (tertiary alicyclic amines) is 1. The molecule has 2 aromatic rings. The summed E-state index contributed by atoms with van der Waals surface area (Å²) in [4.78, 5) is 39.5. The minimum atomic E-state index is -1.000. The molecule has 1 aliphatic heterocycles. The highest BCUT2D eigenvalue weighted by atomic mass is 16.5. The average molecular weight is 479 g/mol. The first kappa shape index (κ1) is 24.8. The van der Waals surface area contributed by atoms with Crippen molar-refractivity contribution in [3.8, 4) is 11.1 Å². The molecule has 1 aliphatic carbocycles. The van der Waals surface area contributed by atoms with Gasteiger partial charge in [-0.3, -0.25) is 4.79 Å². The maximum atomic E-state index is 13.4. The maximum absolute atomic E-state index is 13.4. The van der Waals surface area contributed by atoms with Gasteiger partial charge in [0, 0.05) is 12.5 Å². The molecule has 186 valence electrons. The molecule has 0 aromatic heterocycles. The van der Waals surface area contributed by atoms with Crippen LogP contribution in [-0.4, -0.2) is 53.2 Å². The van der Waals surface area contributed by atoms with E-state index in [4.69, 9.17) is 4.74 Å². The number of hydrogen-bond donors (Lipinski definition) is 2. The van der Waals surface area contributed by atoms with Crippen molar-refractivity contribution in [2.24, 2.45) is 11.8 Å². The number of nitrogens with zero attached hydrogens (tertiary/aromatic N) is 1. The topological polar surface area (TPSA) is 95.9 Å². The number of carbonyl (C=O) groups excluding carboxylic acids is 2. The number of hydrogen-bond acceptors (Lipinski definition) is 4. The fourth-order valence-corrected chi connectivity index (χ4v) is 5.37. The van der Waals surface area contributed by atoms with E-state index in [-0.39, 0.29) is 30.3 Å². The second kappa shape index (κ2) is 10.5. The van der Waals surface area contributed by atoms with Crippen molar-refractivity contribution in [3.63, 3.8) is 0 Å². The van der Waals surface area contributed by atoms with E-state index in [9.17, 15) is 19.5 Å². The van der Waals surface area contributed by atoms with Crippen LogP contribution in [-0.2, 0) is 14.3 Å². The molecule has 2 aliphatic rings. The van der Waals surface area contributed by atoms with E-state index < -0.39 is 24.1 Å². The van der Waals surface area contributed by atoms with E-state index in [0.29, 0.717) is 13.0 Å². The Hall–Kier alpha value is -3.35. The fourth-order valence-electron chi connectivity index (χ4n) is 5.37. The Balaban J connectivity index is 1.44. The number of carboxylic acid groups (broad SMARTS) is 1. The van der Waals surface area contributed by atoms with Gasteiger partial charge in [0.05, 0.1) is 0 Å². The van der Waals surface area contributed by atoms with Gasteiger partial charge in [0.1, 0.15) is 18.7 Å². The van der Waals surface area contributed by atoms with Crippen molar-refractivity contribution in [2.75, 3.05) is 13.2 Å². The second-order valence-electron chi connectivity index (χ2n) is 9.88. The van der Waals surface area contributed by atoms with Crippen molar-refractivity contribution < 1.29 is 24.2 Å². The second-order valence-corrected chi connectivity index (χ2v) is 9.88. The molecule has 2 aromatic carbocycles. The molecule has 0 bridgehead atoms. The summed E-state index contributed by atoms with van der Waals surface area (Å²) in [5.74, 6) is -1.38. The molecule has 2 unspecified atom stereocenters. The van der Waals surface area contributed by atoms with Crippen LogP contribution in [0.25, 0.3) is 11.1 Å². The normalized spacial score (nSPS) is 20.2. The number of rotatable bonds is 7. The number of carboxylic acids is 1. The maximum Gasteiger partial charge on any atom is 0.407 e. The molecule has 2 N–H and O–H groups in total. The number of alkyl carbamates (subject to hydrolysis) is 1. The fraction of sp³-hybridized carbons (Fsp3) is 0.464. The van der Waals surface area contributed by atoms with Crippen molar-refractivity contribution in [1.82, 2.24) is 10.2 Å². The summed E-state index contributed by atoms with van der Waals surface area (Å²) in [5, 5.41) is 12.5. The summed E-state index contributed by atoms with van der Waals surface area (Å²) in [5.41, 5.74) is 4.51. The van der Waals surface area contributed by atoms with E-state index in [0.717, 1.165) is 35.1 Å². The lowest BCUT2D eigenvalue weighted by molar-refractivity contribution is -0.154. The van der Waals surface area contributed by atoms with Crippen molar-refractivity contribution >= 4 is 18.0 Å². The smallest absolute Gasteiger partial charge is 0.407 e. The third-order valence-electron chi connectivity index (χ3n) is 7.41. The molecule has 1 heterocycles. The summed E-state index contributed by atoms with van der Waals surface area (Å²) in [7, 11) is 0. The first-order chi connectivity index (χ1) is 16.8. The lowest BCUT2D eigenvalue weighted by Crippen LogP contribution is -2.58. The number of piperidine rings is 1. The van der Waals surface area contributed by atoms with E-state index in [1.54, 1.807) is 0 Å². The van der Waals surface area contributed by atoms with Gasteiger partial charge in [0.15, 0.2) is 0 Å². The van der Waals surface area contributed by atoms with Crippen molar-refractivity contribution in [2.45, 2.75) is 58.0 Å². The highest BCUT2D eigenvalue weighted by Gasteiger charge is 2.40. The molecule has 3 atom stereocenters. The zero-order valence-corrected chi connectivity index (χ0v) is 20.6. The Labute approximate surface area is 206 Å². The summed E-state index contributed by atoms with van der Waals surface area (Å²) in [6, 6.07) is 14.5. The van der Waals surface area contributed by atoms with E-state index >= 15 is 0 Å². The third-order valence-corrected chi connectivity index (χ3v) is 7.41. The molecule has 0 saturated carbocycles. The largest absolute Gasteiger partial charge is 0.480 e. The average Bonchev–Trinajstić information content (AvgIpc) is 3.18. The molecule has 4 rings (SSSR count). The molecular formula is C28H34N2O5. The van der Waals surface area contributed by atoms with Crippen LogP contribution >= 0.6 is 0 Å². The molecule has 1 fully saturated rings. The van der Waals surface area contributed by atoms with Crippen LogP contribution in [0.3, 0.4) is 0 Å². The number of nitrogens with one attached hydrogen (secondary N) is 1. The van der Waals surface area contributed by atoms with Gasteiger partial charge in [-0.05, 0) is 46.9 Å². The molecule has 0 radical (unpaired) electrons. The van der Waals surface area contributed by atoms with Crippen LogP contribution in [0.5, 0.6) is 0 Å². The third kappa shape index (κ3) is 5.04. The molecular weight excluding hydrogens is 444 g/mol. The number of benzene rings is 2. The quantitative estimate of drug-likeness (QED) is 0.604. The number of fused-ring (bicyclic) bond motifs is 3. The van der Waals surface area contributed by atoms with Crippen LogP contribution in [0.4, 0.5) is 4.79 Å². The van der Waals surface area contributed by atoms with Gasteiger partial charge in [-0.15, -0.1) is 0 Å². The molecule has 1 saturated heterocycles. The van der Waals surface area contributed by atoms with Gasteiger partial charge in [0.25, 0.3) is 0 Å². The van der Waals surface area contributed by atoms with Crippen LogP contribution in [0.15, 0.2) is 48.5 Å². The molecule has 2 amide bonds. The minimum Gasteiger partial charge on any atom is -0.480 e. The molecule has 0 spiro atoms. The van der Waals surface area contributed by atoms with Gasteiger partial charge in [-0.2, -0.15) is 0 Å². The van der Waals surface area contributed by atoms with Gasteiger partial charge in [-0.25, -0.2) is 9.59 Å². The molecule has 7 nitrogen and oxygen atoms in total. The summed E-state index contributed by atoms with van der Waals surface area (Å²) in [6.07, 6.45) is 1.42. The Morgan fingerprint density at radius 1 is 1.06 bits per heavy atom. The van der Waals surface area contributed by atoms with Crippen LogP contribution < -0.4 is 5.32 Å². The SMILES string of the molecule is CCC1CCN(C(=O)[C@H](NC(=O)OCC2c3ccccc3-c3ccccc32)C(C)C)C(C(=O)O)C1. The van der Waals surface area contributed by atoms with Gasteiger partial charge in [-0.1, -0.05) is 75.7 Å². The van der Waals surface area contributed by atoms with E-state index in [1.165, 1.54) is 4.90 Å². The predicted octanol–water partition coefficient (Wildman–Crippen LogP) is 4.65. The standard InChI is InChI=1S/C28H34N2O5/c1-4-18-13-14-30(24(15-18)27(32)33)26(31)25(17(2)3)29-28(34)35-16-23-21-11-7-5-9-19(21)20-10-6-8-12-22(20)23/h5-12,17-18,23-25H,4,13-16H2,1-3H3,(H,29,34)(H,32,33)/t18?,24?,25-/m1/s1. The first-order valence-electron chi connectivity index (χ1n) is 12.5. The number of carbonyl (C=O) groups is 3. The molecule has 7 heteroatoms. The zero-order valence-electron chi connectivity index (χ0n) is 20.6. The van der Waals surface area contributed by atoms with Crippen LogP contribution in [0.2, 0.25) is 0 Å². The predicted molar refractivity (Wildman–Crippen MR) is 133 cm³/mol. The van der Waals surface area contributed by atoms with Gasteiger partial charge >= 0.3 is 12.1 Å². The minimum absolute atomic E-state index is 0.0779. The lowest BCUT2D eigenvalue weighted by Gasteiger charge is -2.39. The van der Waals surface area contributed by atoms with Crippen LogP contribution in [0, 0.1) is 11.8 Å². The summed E-state index contributed by atoms with van der Waals surface area (Å²) in [6.45, 7) is 6.24. The number of ether oxygens (including phenoxy) is 1. The molecule has 35 heavy (non-hydrogen) atoms.